The molecule has 0 unspecified atom stereocenters. The van der Waals surface area contributed by atoms with Gasteiger partial charge in [-0.05, 0) is 18.2 Å². The zero-order valence-electron chi connectivity index (χ0n) is 7.17. The fourth-order valence-corrected chi connectivity index (χ4v) is 1.73. The first-order chi connectivity index (χ1) is 6.59. The number of hydrogen-bond donors (Lipinski definition) is 1. The van der Waals surface area contributed by atoms with Gasteiger partial charge in [0.1, 0.15) is 11.6 Å². The molecule has 1 aromatic rings. The van der Waals surface area contributed by atoms with Crippen LogP contribution in [0.25, 0.3) is 0 Å². The van der Waals surface area contributed by atoms with Gasteiger partial charge in [-0.25, -0.2) is 8.78 Å². The van der Waals surface area contributed by atoms with Crippen molar-refractivity contribution in [3.63, 3.8) is 0 Å². The van der Waals surface area contributed by atoms with E-state index in [0.29, 0.717) is 0 Å². The van der Waals surface area contributed by atoms with Crippen LogP contribution in [-0.2, 0) is 4.79 Å². The molecule has 1 rings (SSSR count). The maximum atomic E-state index is 13.0. The average Bonchev–Trinajstić information content (AvgIpc) is 2.10. The van der Waals surface area contributed by atoms with Crippen LogP contribution in [0.4, 0.5) is 8.78 Å². The molecule has 0 heterocycles. The molecule has 2 nitrogen and oxygen atoms in total. The van der Waals surface area contributed by atoms with E-state index in [0.717, 1.165) is 30.0 Å². The molecule has 1 N–H and O–H groups in total. The van der Waals surface area contributed by atoms with Crippen molar-refractivity contribution in [1.29, 1.82) is 0 Å². The number of carboxylic acids is 1. The topological polar surface area (TPSA) is 37.3 Å². The third-order valence-electron chi connectivity index (χ3n) is 1.47. The van der Waals surface area contributed by atoms with Gasteiger partial charge in [-0.2, -0.15) is 0 Å². The van der Waals surface area contributed by atoms with Crippen LogP contribution in [0.2, 0.25) is 0 Å². The fraction of sp³-hybridized carbons (Fsp3) is 0.222. The molecule has 0 aliphatic rings. The molecule has 0 spiro atoms. The maximum absolute atomic E-state index is 13.0. The highest BCUT2D eigenvalue weighted by molar-refractivity contribution is 7.99. The number of rotatable bonds is 4. The predicted octanol–water partition coefficient (Wildman–Crippen LogP) is 2.53. The highest BCUT2D eigenvalue weighted by Crippen LogP contribution is 2.22. The van der Waals surface area contributed by atoms with Crippen molar-refractivity contribution in [2.45, 2.75) is 11.3 Å². The van der Waals surface area contributed by atoms with Gasteiger partial charge in [0.2, 0.25) is 0 Å². The SMILES string of the molecule is O=C(O)CCSc1cc(F)ccc1F. The fourth-order valence-electron chi connectivity index (χ4n) is 0.836. The van der Waals surface area contributed by atoms with Gasteiger partial charge in [-0.1, -0.05) is 0 Å². The first-order valence-corrected chi connectivity index (χ1v) is 4.88. The largest absolute Gasteiger partial charge is 0.481 e. The van der Waals surface area contributed by atoms with Crippen LogP contribution >= 0.6 is 11.8 Å². The highest BCUT2D eigenvalue weighted by Gasteiger charge is 2.05. The second kappa shape index (κ2) is 4.95. The van der Waals surface area contributed by atoms with Crippen molar-refractivity contribution in [1.82, 2.24) is 0 Å². The summed E-state index contributed by atoms with van der Waals surface area (Å²) in [7, 11) is 0. The lowest BCUT2D eigenvalue weighted by Gasteiger charge is -2.01. The monoisotopic (exact) mass is 218 g/mol. The molecule has 1 aromatic carbocycles. The van der Waals surface area contributed by atoms with Crippen LogP contribution in [0.5, 0.6) is 0 Å². The quantitative estimate of drug-likeness (QED) is 0.789. The van der Waals surface area contributed by atoms with E-state index in [-0.39, 0.29) is 17.1 Å². The molecule has 14 heavy (non-hydrogen) atoms. The molecule has 0 aromatic heterocycles. The number of carboxylic acid groups (broad SMARTS) is 1. The van der Waals surface area contributed by atoms with Gasteiger partial charge in [0.25, 0.3) is 0 Å². The Balaban J connectivity index is 2.57. The van der Waals surface area contributed by atoms with E-state index in [2.05, 4.69) is 0 Å². The van der Waals surface area contributed by atoms with Gasteiger partial charge in [0, 0.05) is 10.6 Å². The Morgan fingerprint density at radius 2 is 2.14 bits per heavy atom. The van der Waals surface area contributed by atoms with Gasteiger partial charge >= 0.3 is 5.97 Å². The number of carbonyl (C=O) groups is 1. The van der Waals surface area contributed by atoms with E-state index in [1.165, 1.54) is 0 Å². The second-order valence-electron chi connectivity index (χ2n) is 2.57. The van der Waals surface area contributed by atoms with Crippen LogP contribution in [0, 0.1) is 11.6 Å². The standard InChI is InChI=1S/C9H8F2O2S/c10-6-1-2-7(11)8(5-6)14-4-3-9(12)13/h1-2,5H,3-4H2,(H,12,13). The summed E-state index contributed by atoms with van der Waals surface area (Å²) in [4.78, 5) is 10.3. The minimum absolute atomic E-state index is 0.0688. The van der Waals surface area contributed by atoms with E-state index >= 15 is 0 Å². The van der Waals surface area contributed by atoms with Gasteiger partial charge in [0.15, 0.2) is 0 Å². The third kappa shape index (κ3) is 3.33. The Bertz CT molecular complexity index is 342. The summed E-state index contributed by atoms with van der Waals surface area (Å²) in [6, 6.07) is 3.11. The molecular weight excluding hydrogens is 210 g/mol. The molecule has 0 saturated carbocycles. The smallest absolute Gasteiger partial charge is 0.304 e. The first-order valence-electron chi connectivity index (χ1n) is 3.89. The number of aliphatic carboxylic acids is 1. The molecule has 5 heteroatoms. The second-order valence-corrected chi connectivity index (χ2v) is 3.70. The Hall–Kier alpha value is -1.10. The zero-order valence-corrected chi connectivity index (χ0v) is 7.98. The van der Waals surface area contributed by atoms with Crippen molar-refractivity contribution in [2.24, 2.45) is 0 Å². The number of halogens is 2. The summed E-state index contributed by atoms with van der Waals surface area (Å²) in [5.74, 6) is -1.77. The summed E-state index contributed by atoms with van der Waals surface area (Å²) >= 11 is 0.994. The Morgan fingerprint density at radius 3 is 2.79 bits per heavy atom. The summed E-state index contributed by atoms with van der Waals surface area (Å²) in [5, 5.41) is 8.33. The van der Waals surface area contributed by atoms with Crippen molar-refractivity contribution in [3.8, 4) is 0 Å². The Kier molecular flexibility index (Phi) is 3.88. The lowest BCUT2D eigenvalue weighted by atomic mass is 10.3. The van der Waals surface area contributed by atoms with Crippen molar-refractivity contribution in [3.05, 3.63) is 29.8 Å². The van der Waals surface area contributed by atoms with Crippen molar-refractivity contribution < 1.29 is 18.7 Å². The average molecular weight is 218 g/mol. The molecule has 0 bridgehead atoms. The van der Waals surface area contributed by atoms with E-state index in [9.17, 15) is 13.6 Å². The molecule has 0 saturated heterocycles. The van der Waals surface area contributed by atoms with Crippen LogP contribution in [0.3, 0.4) is 0 Å². The molecule has 0 aliphatic heterocycles. The predicted molar refractivity (Wildman–Crippen MR) is 49.3 cm³/mol. The molecule has 0 amide bonds. The molecule has 0 atom stereocenters. The summed E-state index contributed by atoms with van der Waals surface area (Å²) in [6.07, 6.45) is -0.0688. The molecule has 0 aliphatic carbocycles. The van der Waals surface area contributed by atoms with E-state index in [1.807, 2.05) is 0 Å². The summed E-state index contributed by atoms with van der Waals surface area (Å²) in [5.41, 5.74) is 0. The minimum atomic E-state index is -0.950. The van der Waals surface area contributed by atoms with E-state index < -0.39 is 17.6 Å². The molecule has 0 fully saturated rings. The third-order valence-corrected chi connectivity index (χ3v) is 2.50. The molecule has 0 radical (unpaired) electrons. The lowest BCUT2D eigenvalue weighted by molar-refractivity contribution is -0.136. The van der Waals surface area contributed by atoms with E-state index in [1.54, 1.807) is 0 Å². The van der Waals surface area contributed by atoms with Crippen LogP contribution in [-0.4, -0.2) is 16.8 Å². The lowest BCUT2D eigenvalue weighted by Crippen LogP contribution is -1.96. The van der Waals surface area contributed by atoms with Crippen molar-refractivity contribution >= 4 is 17.7 Å². The Labute approximate surface area is 83.9 Å². The highest BCUT2D eigenvalue weighted by atomic mass is 32.2. The van der Waals surface area contributed by atoms with Gasteiger partial charge < -0.3 is 5.11 Å². The maximum Gasteiger partial charge on any atom is 0.304 e. The number of hydrogen-bond acceptors (Lipinski definition) is 2. The summed E-state index contributed by atoms with van der Waals surface area (Å²) < 4.78 is 25.6. The summed E-state index contributed by atoms with van der Waals surface area (Å²) in [6.45, 7) is 0. The Morgan fingerprint density at radius 1 is 1.43 bits per heavy atom. The number of thioether (sulfide) groups is 1. The first kappa shape index (κ1) is 11.0. The van der Waals surface area contributed by atoms with Crippen LogP contribution in [0.1, 0.15) is 6.42 Å². The van der Waals surface area contributed by atoms with Crippen molar-refractivity contribution in [2.75, 3.05) is 5.75 Å². The van der Waals surface area contributed by atoms with Gasteiger partial charge in [0.05, 0.1) is 6.42 Å². The number of benzene rings is 1. The molecular formula is C9H8F2O2S. The van der Waals surface area contributed by atoms with E-state index in [4.69, 9.17) is 5.11 Å². The zero-order chi connectivity index (χ0) is 10.6. The normalized spacial score (nSPS) is 10.1. The van der Waals surface area contributed by atoms with Crippen LogP contribution < -0.4 is 0 Å². The van der Waals surface area contributed by atoms with Gasteiger partial charge in [-0.3, -0.25) is 4.79 Å². The molecule has 76 valence electrons. The van der Waals surface area contributed by atoms with Gasteiger partial charge in [-0.15, -0.1) is 11.8 Å². The van der Waals surface area contributed by atoms with Crippen LogP contribution in [0.15, 0.2) is 23.1 Å². The minimum Gasteiger partial charge on any atom is -0.481 e.